The van der Waals surface area contributed by atoms with Gasteiger partial charge in [0.2, 0.25) is 5.91 Å². The minimum Gasteiger partial charge on any atom is -0.493 e. The first kappa shape index (κ1) is 21.6. The number of amides is 1. The molecule has 0 N–H and O–H groups in total. The van der Waals surface area contributed by atoms with Crippen molar-refractivity contribution in [1.82, 2.24) is 14.8 Å². The van der Waals surface area contributed by atoms with Crippen molar-refractivity contribution in [3.05, 3.63) is 44.9 Å². The van der Waals surface area contributed by atoms with Gasteiger partial charge in [-0.05, 0) is 30.2 Å². The van der Waals surface area contributed by atoms with Gasteiger partial charge < -0.3 is 14.4 Å². The van der Waals surface area contributed by atoms with E-state index in [1.807, 2.05) is 4.90 Å². The van der Waals surface area contributed by atoms with E-state index >= 15 is 0 Å². The molecule has 3 rings (SSSR count). The molecule has 6 nitrogen and oxygen atoms in total. The highest BCUT2D eigenvalue weighted by Gasteiger charge is 2.20. The molecule has 29 heavy (non-hydrogen) atoms. The van der Waals surface area contributed by atoms with E-state index in [0.717, 1.165) is 37.3 Å². The Bertz CT molecular complexity index is 876. The number of thiazole rings is 1. The van der Waals surface area contributed by atoms with Gasteiger partial charge >= 0.3 is 0 Å². The van der Waals surface area contributed by atoms with Gasteiger partial charge in [-0.1, -0.05) is 18.5 Å². The molecular formula is C21H26ClN3O3S. The number of carbonyl (C=O) groups is 1. The molecule has 1 aliphatic heterocycles. The Morgan fingerprint density at radius 1 is 1.24 bits per heavy atom. The van der Waals surface area contributed by atoms with E-state index in [-0.39, 0.29) is 5.91 Å². The zero-order valence-electron chi connectivity index (χ0n) is 17.0. The molecule has 2 aromatic rings. The second-order valence-electron chi connectivity index (χ2n) is 6.76. The third-order valence-electron chi connectivity index (χ3n) is 4.85. The summed E-state index contributed by atoms with van der Waals surface area (Å²) in [6.07, 6.45) is 4.32. The summed E-state index contributed by atoms with van der Waals surface area (Å²) in [4.78, 5) is 21.4. The van der Waals surface area contributed by atoms with Crippen LogP contribution in [0, 0.1) is 0 Å². The monoisotopic (exact) mass is 435 g/mol. The number of nitrogens with zero attached hydrogens (tertiary/aromatic N) is 3. The van der Waals surface area contributed by atoms with Gasteiger partial charge in [0.15, 0.2) is 11.5 Å². The number of hydrogen-bond acceptors (Lipinski definition) is 6. The lowest BCUT2D eigenvalue weighted by atomic mass is 10.1. The molecule has 1 fully saturated rings. The van der Waals surface area contributed by atoms with Crippen LogP contribution >= 0.6 is 22.9 Å². The lowest BCUT2D eigenvalue weighted by Crippen LogP contribution is -2.47. The van der Waals surface area contributed by atoms with Gasteiger partial charge in [0, 0.05) is 44.2 Å². The molecule has 0 saturated carbocycles. The molecule has 8 heteroatoms. The number of halogens is 1. The molecule has 1 aromatic heterocycles. The smallest absolute Gasteiger partial charge is 0.246 e. The largest absolute Gasteiger partial charge is 0.493 e. The van der Waals surface area contributed by atoms with Gasteiger partial charge in [-0.25, -0.2) is 4.98 Å². The standard InChI is InChI=1S/C21H26ClN3O3S/c1-4-19-23-16(14-29-19)13-24-7-9-25(10-8-24)20(26)6-5-15-11-17(22)21(28-3)18(12-15)27-2/h5-6,11-12,14H,4,7-10,13H2,1-3H3/b6-5+. The zero-order valence-corrected chi connectivity index (χ0v) is 18.6. The van der Waals surface area contributed by atoms with Crippen molar-refractivity contribution in [1.29, 1.82) is 0 Å². The molecule has 0 atom stereocenters. The molecule has 0 spiro atoms. The zero-order chi connectivity index (χ0) is 20.8. The summed E-state index contributed by atoms with van der Waals surface area (Å²) in [5, 5.41) is 3.75. The maximum absolute atomic E-state index is 12.6. The molecule has 0 bridgehead atoms. The van der Waals surface area contributed by atoms with Crippen molar-refractivity contribution >= 4 is 34.9 Å². The summed E-state index contributed by atoms with van der Waals surface area (Å²) in [7, 11) is 3.10. The first-order valence-electron chi connectivity index (χ1n) is 9.58. The molecule has 1 aliphatic rings. The van der Waals surface area contributed by atoms with Crippen LogP contribution in [-0.4, -0.2) is 61.1 Å². The molecule has 1 saturated heterocycles. The van der Waals surface area contributed by atoms with Crippen LogP contribution in [0.4, 0.5) is 0 Å². The second-order valence-corrected chi connectivity index (χ2v) is 8.11. The van der Waals surface area contributed by atoms with Gasteiger partial charge in [-0.15, -0.1) is 11.3 Å². The van der Waals surface area contributed by atoms with Gasteiger partial charge in [-0.3, -0.25) is 9.69 Å². The maximum Gasteiger partial charge on any atom is 0.246 e. The first-order valence-corrected chi connectivity index (χ1v) is 10.8. The number of ether oxygens (including phenoxy) is 2. The Labute approximate surface area is 180 Å². The second kappa shape index (κ2) is 10.1. The van der Waals surface area contributed by atoms with Crippen LogP contribution in [0.3, 0.4) is 0 Å². The Morgan fingerprint density at radius 3 is 2.62 bits per heavy atom. The normalized spacial score (nSPS) is 15.1. The van der Waals surface area contributed by atoms with Gasteiger partial charge in [0.1, 0.15) is 0 Å². The molecule has 1 aromatic carbocycles. The highest BCUT2D eigenvalue weighted by molar-refractivity contribution is 7.09. The first-order chi connectivity index (χ1) is 14.0. The van der Waals surface area contributed by atoms with Gasteiger partial charge in [-0.2, -0.15) is 0 Å². The van der Waals surface area contributed by atoms with E-state index in [2.05, 4.69) is 22.2 Å². The summed E-state index contributed by atoms with van der Waals surface area (Å²) < 4.78 is 10.5. The van der Waals surface area contributed by atoms with Crippen LogP contribution in [0.5, 0.6) is 11.5 Å². The van der Waals surface area contributed by atoms with Crippen LogP contribution in [0.15, 0.2) is 23.6 Å². The Balaban J connectivity index is 1.55. The minimum atomic E-state index is -0.00233. The van der Waals surface area contributed by atoms with Crippen LogP contribution in [0.2, 0.25) is 5.02 Å². The highest BCUT2D eigenvalue weighted by Crippen LogP contribution is 2.36. The maximum atomic E-state index is 12.6. The molecule has 1 amide bonds. The molecular weight excluding hydrogens is 410 g/mol. The van der Waals surface area contributed by atoms with E-state index in [1.54, 1.807) is 49.8 Å². The Hall–Kier alpha value is -2.09. The van der Waals surface area contributed by atoms with Crippen molar-refractivity contribution in [3.63, 3.8) is 0 Å². The lowest BCUT2D eigenvalue weighted by molar-refractivity contribution is -0.127. The number of piperazine rings is 1. The van der Waals surface area contributed by atoms with Gasteiger partial charge in [0.05, 0.1) is 29.9 Å². The summed E-state index contributed by atoms with van der Waals surface area (Å²) in [6, 6.07) is 3.55. The third kappa shape index (κ3) is 5.50. The predicted octanol–water partition coefficient (Wildman–Crippen LogP) is 3.73. The minimum absolute atomic E-state index is 0.00233. The number of aromatic nitrogens is 1. The highest BCUT2D eigenvalue weighted by atomic mass is 35.5. The van der Waals surface area contributed by atoms with Crippen molar-refractivity contribution < 1.29 is 14.3 Å². The van der Waals surface area contributed by atoms with Crippen molar-refractivity contribution in [3.8, 4) is 11.5 Å². The van der Waals surface area contributed by atoms with Crippen LogP contribution in [0.1, 0.15) is 23.2 Å². The van der Waals surface area contributed by atoms with E-state index in [1.165, 1.54) is 5.01 Å². The average molecular weight is 436 g/mol. The van der Waals surface area contributed by atoms with Crippen molar-refractivity contribution in [2.45, 2.75) is 19.9 Å². The number of methoxy groups -OCH3 is 2. The van der Waals surface area contributed by atoms with Gasteiger partial charge in [0.25, 0.3) is 0 Å². The van der Waals surface area contributed by atoms with E-state index in [4.69, 9.17) is 21.1 Å². The SMILES string of the molecule is CCc1nc(CN2CCN(C(=O)/C=C/c3cc(Cl)c(OC)c(OC)c3)CC2)cs1. The third-order valence-corrected chi connectivity index (χ3v) is 6.17. The lowest BCUT2D eigenvalue weighted by Gasteiger charge is -2.33. The predicted molar refractivity (Wildman–Crippen MR) is 117 cm³/mol. The molecule has 0 aliphatic carbocycles. The number of benzene rings is 1. The Morgan fingerprint density at radius 2 is 2.00 bits per heavy atom. The molecule has 2 heterocycles. The fourth-order valence-corrected chi connectivity index (χ4v) is 4.28. The summed E-state index contributed by atoms with van der Waals surface area (Å²) >= 11 is 7.94. The van der Waals surface area contributed by atoms with Crippen molar-refractivity contribution in [2.75, 3.05) is 40.4 Å². The van der Waals surface area contributed by atoms with Crippen LogP contribution in [0.25, 0.3) is 6.08 Å². The summed E-state index contributed by atoms with van der Waals surface area (Å²) in [5.41, 5.74) is 1.91. The van der Waals surface area contributed by atoms with Crippen molar-refractivity contribution in [2.24, 2.45) is 0 Å². The van der Waals surface area contributed by atoms with E-state index in [9.17, 15) is 4.79 Å². The number of rotatable bonds is 7. The number of aryl methyl sites for hydroxylation is 1. The fourth-order valence-electron chi connectivity index (χ4n) is 3.25. The van der Waals surface area contributed by atoms with Crippen LogP contribution in [-0.2, 0) is 17.8 Å². The Kier molecular flexibility index (Phi) is 7.52. The van der Waals surface area contributed by atoms with E-state index in [0.29, 0.717) is 29.6 Å². The van der Waals surface area contributed by atoms with Crippen LogP contribution < -0.4 is 9.47 Å². The molecule has 156 valence electrons. The number of carbonyl (C=O) groups excluding carboxylic acids is 1. The average Bonchev–Trinajstić information content (AvgIpc) is 3.19. The molecule has 0 unspecified atom stereocenters. The summed E-state index contributed by atoms with van der Waals surface area (Å²) in [6.45, 7) is 6.08. The fraction of sp³-hybridized carbons (Fsp3) is 0.429. The number of hydrogen-bond donors (Lipinski definition) is 0. The molecule has 0 radical (unpaired) electrons. The summed E-state index contributed by atoms with van der Waals surface area (Å²) in [5.74, 6) is 1.02. The quantitative estimate of drug-likeness (QED) is 0.620. The topological polar surface area (TPSA) is 54.9 Å². The van der Waals surface area contributed by atoms with E-state index < -0.39 is 0 Å².